The second-order valence-electron chi connectivity index (χ2n) is 4.88. The number of esters is 1. The Balaban J connectivity index is 2.00. The monoisotopic (exact) mass is 373 g/mol. The summed E-state index contributed by atoms with van der Waals surface area (Å²) in [4.78, 5) is 32.3. The van der Waals surface area contributed by atoms with Crippen LogP contribution in [-0.2, 0) is 11.3 Å². The van der Waals surface area contributed by atoms with Gasteiger partial charge in [0.15, 0.2) is 0 Å². The molecule has 0 radical (unpaired) electrons. The Labute approximate surface area is 139 Å². The largest absolute Gasteiger partial charge is 0.464 e. The number of carbonyl (C=O) groups excluding carboxylic acids is 1. The minimum absolute atomic E-state index is 0.146. The number of fused-ring (bicyclic) bond motifs is 1. The molecule has 0 fully saturated rings. The van der Waals surface area contributed by atoms with Gasteiger partial charge in [-0.1, -0.05) is 15.9 Å². The van der Waals surface area contributed by atoms with Crippen LogP contribution >= 0.6 is 15.9 Å². The molecule has 1 aromatic carbocycles. The molecule has 0 unspecified atom stereocenters. The van der Waals surface area contributed by atoms with E-state index in [1.54, 1.807) is 24.3 Å². The van der Waals surface area contributed by atoms with E-state index in [1.807, 2.05) is 6.07 Å². The molecule has 0 atom stereocenters. The highest BCUT2D eigenvalue weighted by molar-refractivity contribution is 9.10. The molecule has 0 bridgehead atoms. The zero-order valence-corrected chi connectivity index (χ0v) is 13.8. The Kier molecular flexibility index (Phi) is 4.20. The number of pyridine rings is 1. The Morgan fingerprint density at radius 2 is 2.09 bits per heavy atom. The standard InChI is InChI=1S/C16H12BrN3O3/c1-23-16(22)14-6-10(4-5-18-14)8-20-9-19-13-3-2-11(17)7-12(13)15(20)21/h2-7,9H,8H2,1H3. The maximum Gasteiger partial charge on any atom is 0.356 e. The number of hydrogen-bond donors (Lipinski definition) is 0. The molecule has 3 aromatic rings. The lowest BCUT2D eigenvalue weighted by Gasteiger charge is -2.08. The van der Waals surface area contributed by atoms with Crippen molar-refractivity contribution >= 4 is 32.8 Å². The fourth-order valence-corrected chi connectivity index (χ4v) is 2.59. The molecule has 0 aliphatic carbocycles. The molecule has 3 rings (SSSR count). The summed E-state index contributed by atoms with van der Waals surface area (Å²) in [6.45, 7) is 0.292. The van der Waals surface area contributed by atoms with Crippen LogP contribution in [-0.4, -0.2) is 27.6 Å². The fourth-order valence-electron chi connectivity index (χ4n) is 2.23. The van der Waals surface area contributed by atoms with E-state index in [0.717, 1.165) is 10.0 Å². The van der Waals surface area contributed by atoms with Crippen molar-refractivity contribution in [1.29, 1.82) is 0 Å². The van der Waals surface area contributed by atoms with Crippen molar-refractivity contribution < 1.29 is 9.53 Å². The SMILES string of the molecule is COC(=O)c1cc(Cn2cnc3ccc(Br)cc3c2=O)ccn1. The maximum atomic E-state index is 12.6. The minimum atomic E-state index is -0.514. The summed E-state index contributed by atoms with van der Waals surface area (Å²) in [5, 5.41) is 0.532. The highest BCUT2D eigenvalue weighted by Gasteiger charge is 2.09. The van der Waals surface area contributed by atoms with Crippen LogP contribution < -0.4 is 5.56 Å². The molecule has 0 spiro atoms. The van der Waals surface area contributed by atoms with Gasteiger partial charge in [0.1, 0.15) is 5.69 Å². The van der Waals surface area contributed by atoms with Gasteiger partial charge in [0.25, 0.3) is 5.56 Å². The molecular formula is C16H12BrN3O3. The predicted octanol–water partition coefficient (Wildman–Crippen LogP) is 2.39. The van der Waals surface area contributed by atoms with Gasteiger partial charge in [0.2, 0.25) is 0 Å². The molecule has 0 aliphatic rings. The third-order valence-corrected chi connectivity index (χ3v) is 3.85. The van der Waals surface area contributed by atoms with Gasteiger partial charge in [0.05, 0.1) is 30.9 Å². The van der Waals surface area contributed by atoms with Crippen molar-refractivity contribution in [3.63, 3.8) is 0 Å². The molecule has 6 nitrogen and oxygen atoms in total. The smallest absolute Gasteiger partial charge is 0.356 e. The van der Waals surface area contributed by atoms with E-state index in [1.165, 1.54) is 24.2 Å². The summed E-state index contributed by atoms with van der Waals surface area (Å²) in [6.07, 6.45) is 3.01. The van der Waals surface area contributed by atoms with Crippen molar-refractivity contribution in [1.82, 2.24) is 14.5 Å². The maximum absolute atomic E-state index is 12.6. The average molecular weight is 374 g/mol. The second kappa shape index (κ2) is 6.29. The van der Waals surface area contributed by atoms with Crippen LogP contribution in [0.2, 0.25) is 0 Å². The number of methoxy groups -OCH3 is 1. The topological polar surface area (TPSA) is 74.1 Å². The van der Waals surface area contributed by atoms with Crippen molar-refractivity contribution in [3.8, 4) is 0 Å². The van der Waals surface area contributed by atoms with Crippen molar-refractivity contribution in [2.45, 2.75) is 6.54 Å². The summed E-state index contributed by atoms with van der Waals surface area (Å²) in [5.74, 6) is -0.514. The van der Waals surface area contributed by atoms with Crippen LogP contribution in [0.3, 0.4) is 0 Å². The lowest BCUT2D eigenvalue weighted by molar-refractivity contribution is 0.0594. The number of halogens is 1. The lowest BCUT2D eigenvalue weighted by Crippen LogP contribution is -2.21. The molecule has 0 saturated carbocycles. The Bertz CT molecular complexity index is 953. The zero-order chi connectivity index (χ0) is 16.4. The Morgan fingerprint density at radius 3 is 2.87 bits per heavy atom. The molecule has 116 valence electrons. The first-order chi connectivity index (χ1) is 11.1. The van der Waals surface area contributed by atoms with Crippen molar-refractivity contribution in [3.05, 3.63) is 68.9 Å². The fraction of sp³-hybridized carbons (Fsp3) is 0.125. The minimum Gasteiger partial charge on any atom is -0.464 e. The first-order valence-electron chi connectivity index (χ1n) is 6.76. The summed E-state index contributed by atoms with van der Waals surface area (Å²) >= 11 is 3.36. The zero-order valence-electron chi connectivity index (χ0n) is 12.2. The molecule has 0 aliphatic heterocycles. The van der Waals surface area contributed by atoms with E-state index in [4.69, 9.17) is 0 Å². The van der Waals surface area contributed by atoms with E-state index >= 15 is 0 Å². The van der Waals surface area contributed by atoms with Crippen molar-refractivity contribution in [2.75, 3.05) is 7.11 Å². The number of rotatable bonds is 3. The van der Waals surface area contributed by atoms with Crippen LogP contribution in [0.25, 0.3) is 10.9 Å². The Hall–Kier alpha value is -2.54. The Morgan fingerprint density at radius 1 is 1.26 bits per heavy atom. The van der Waals surface area contributed by atoms with Gasteiger partial charge in [-0.05, 0) is 35.9 Å². The predicted molar refractivity (Wildman–Crippen MR) is 88.4 cm³/mol. The van der Waals surface area contributed by atoms with Crippen LogP contribution in [0.1, 0.15) is 16.1 Å². The average Bonchev–Trinajstić information content (AvgIpc) is 2.57. The summed E-state index contributed by atoms with van der Waals surface area (Å²) in [7, 11) is 1.30. The van der Waals surface area contributed by atoms with Gasteiger partial charge in [0, 0.05) is 10.7 Å². The molecule has 2 aromatic heterocycles. The van der Waals surface area contributed by atoms with Gasteiger partial charge in [-0.3, -0.25) is 9.36 Å². The van der Waals surface area contributed by atoms with E-state index in [0.29, 0.717) is 17.4 Å². The number of benzene rings is 1. The first kappa shape index (κ1) is 15.4. The number of ether oxygens (including phenoxy) is 1. The van der Waals surface area contributed by atoms with E-state index < -0.39 is 5.97 Å². The molecular weight excluding hydrogens is 362 g/mol. The third kappa shape index (κ3) is 3.14. The number of carbonyl (C=O) groups is 1. The van der Waals surface area contributed by atoms with Gasteiger partial charge in [-0.25, -0.2) is 14.8 Å². The van der Waals surface area contributed by atoms with E-state index in [-0.39, 0.29) is 11.3 Å². The van der Waals surface area contributed by atoms with Gasteiger partial charge >= 0.3 is 5.97 Å². The van der Waals surface area contributed by atoms with E-state index in [2.05, 4.69) is 30.6 Å². The normalized spacial score (nSPS) is 10.7. The third-order valence-electron chi connectivity index (χ3n) is 3.36. The highest BCUT2D eigenvalue weighted by Crippen LogP contribution is 2.15. The van der Waals surface area contributed by atoms with Crippen molar-refractivity contribution in [2.24, 2.45) is 0 Å². The van der Waals surface area contributed by atoms with Gasteiger partial charge in [-0.15, -0.1) is 0 Å². The highest BCUT2D eigenvalue weighted by atomic mass is 79.9. The number of nitrogens with zero attached hydrogens (tertiary/aromatic N) is 3. The van der Waals surface area contributed by atoms with Gasteiger partial charge < -0.3 is 4.74 Å². The molecule has 0 amide bonds. The summed E-state index contributed by atoms with van der Waals surface area (Å²) in [5.41, 5.74) is 1.46. The number of hydrogen-bond acceptors (Lipinski definition) is 5. The van der Waals surface area contributed by atoms with Crippen LogP contribution in [0.15, 0.2) is 52.1 Å². The molecule has 0 N–H and O–H groups in total. The summed E-state index contributed by atoms with van der Waals surface area (Å²) in [6, 6.07) is 8.71. The lowest BCUT2D eigenvalue weighted by atomic mass is 10.2. The van der Waals surface area contributed by atoms with Gasteiger partial charge in [-0.2, -0.15) is 0 Å². The number of aromatic nitrogens is 3. The molecule has 2 heterocycles. The van der Waals surface area contributed by atoms with E-state index in [9.17, 15) is 9.59 Å². The first-order valence-corrected chi connectivity index (χ1v) is 7.56. The quantitative estimate of drug-likeness (QED) is 0.659. The molecule has 7 heteroatoms. The van der Waals surface area contributed by atoms with Crippen LogP contribution in [0.4, 0.5) is 0 Å². The summed E-state index contributed by atoms with van der Waals surface area (Å²) < 4.78 is 6.96. The molecule has 23 heavy (non-hydrogen) atoms. The van der Waals surface area contributed by atoms with Crippen LogP contribution in [0.5, 0.6) is 0 Å². The molecule has 0 saturated heterocycles. The second-order valence-corrected chi connectivity index (χ2v) is 5.80. The van der Waals surface area contributed by atoms with Crippen LogP contribution in [0, 0.1) is 0 Å².